The van der Waals surface area contributed by atoms with E-state index in [0.29, 0.717) is 30.6 Å². The van der Waals surface area contributed by atoms with Crippen LogP contribution in [0, 0.1) is 10.3 Å². The molecule has 0 saturated heterocycles. The van der Waals surface area contributed by atoms with Crippen LogP contribution in [-0.4, -0.2) is 30.4 Å². The number of carbonyl (C=O) groups excluding carboxylic acids is 2. The fourth-order valence-electron chi connectivity index (χ4n) is 2.46. The number of hydrogen-bond acceptors (Lipinski definition) is 5. The minimum Gasteiger partial charge on any atom is -0.370 e. The lowest BCUT2D eigenvalue weighted by Gasteiger charge is -2.19. The molecule has 9 nitrogen and oxygen atoms in total. The molecule has 0 aliphatic heterocycles. The van der Waals surface area contributed by atoms with Gasteiger partial charge in [-0.05, 0) is 54.4 Å². The number of rotatable bonds is 9. The Kier molecular flexibility index (Phi) is 7.64. The second kappa shape index (κ2) is 10.4. The van der Waals surface area contributed by atoms with Crippen molar-refractivity contribution in [1.82, 2.24) is 10.6 Å². The van der Waals surface area contributed by atoms with Crippen LogP contribution in [0.3, 0.4) is 0 Å². The first-order valence-electron chi connectivity index (χ1n) is 8.67. The molecule has 1 atom stereocenters. The Morgan fingerprint density at radius 2 is 1.75 bits per heavy atom. The number of benzene rings is 2. The average Bonchev–Trinajstić information content (AvgIpc) is 2.71. The topological polar surface area (TPSA) is 150 Å². The van der Waals surface area contributed by atoms with Gasteiger partial charge < -0.3 is 21.7 Å². The van der Waals surface area contributed by atoms with Crippen LogP contribution in [0.25, 0.3) is 0 Å². The lowest BCUT2D eigenvalue weighted by atomic mass is 10.1. The fraction of sp³-hybridized carbons (Fsp3) is 0.211. The molecule has 0 aliphatic carbocycles. The average molecular weight is 382 g/mol. The third-order valence-corrected chi connectivity index (χ3v) is 3.88. The molecule has 0 saturated carbocycles. The number of carbonyl (C=O) groups is 2. The van der Waals surface area contributed by atoms with Gasteiger partial charge in [0.05, 0.1) is 0 Å². The fourth-order valence-corrected chi connectivity index (χ4v) is 2.46. The SMILES string of the molecule is N=C(N)NCCCC(NC(=O)c1ccccc1)C(=O)Nc1ccc(N=O)cc1. The maximum atomic E-state index is 12.7. The van der Waals surface area contributed by atoms with Crippen molar-refractivity contribution in [3.63, 3.8) is 0 Å². The van der Waals surface area contributed by atoms with Crippen molar-refractivity contribution in [3.05, 3.63) is 65.1 Å². The molecule has 0 bridgehead atoms. The first kappa shape index (κ1) is 20.6. The van der Waals surface area contributed by atoms with Crippen molar-refractivity contribution in [1.29, 1.82) is 5.41 Å². The number of nitrogens with zero attached hydrogens (tertiary/aromatic N) is 1. The summed E-state index contributed by atoms with van der Waals surface area (Å²) in [6.07, 6.45) is 0.861. The monoisotopic (exact) mass is 382 g/mol. The van der Waals surface area contributed by atoms with E-state index in [4.69, 9.17) is 11.1 Å². The Morgan fingerprint density at radius 3 is 2.36 bits per heavy atom. The Balaban J connectivity index is 2.04. The van der Waals surface area contributed by atoms with Gasteiger partial charge >= 0.3 is 0 Å². The van der Waals surface area contributed by atoms with Gasteiger partial charge in [-0.2, -0.15) is 0 Å². The van der Waals surface area contributed by atoms with Gasteiger partial charge in [-0.1, -0.05) is 18.2 Å². The van der Waals surface area contributed by atoms with Gasteiger partial charge in [-0.3, -0.25) is 15.0 Å². The first-order valence-corrected chi connectivity index (χ1v) is 8.67. The Labute approximate surface area is 162 Å². The van der Waals surface area contributed by atoms with Crippen LogP contribution in [0.2, 0.25) is 0 Å². The standard InChI is InChI=1S/C19H22N6O3/c20-19(21)22-12-4-7-16(24-17(26)13-5-2-1-3-6-13)18(27)23-14-8-10-15(25-28)11-9-14/h1-3,5-6,8-11,16H,4,7,12H2,(H,23,27)(H,24,26)(H4,20,21,22). The summed E-state index contributed by atoms with van der Waals surface area (Å²) in [5, 5.41) is 18.1. The highest BCUT2D eigenvalue weighted by Gasteiger charge is 2.21. The smallest absolute Gasteiger partial charge is 0.251 e. The zero-order chi connectivity index (χ0) is 20.4. The second-order valence-corrected chi connectivity index (χ2v) is 6.00. The quantitative estimate of drug-likeness (QED) is 0.195. The van der Waals surface area contributed by atoms with Gasteiger partial charge in [0.25, 0.3) is 5.91 Å². The largest absolute Gasteiger partial charge is 0.370 e. The third kappa shape index (κ3) is 6.52. The minimum atomic E-state index is -0.787. The van der Waals surface area contributed by atoms with Crippen LogP contribution in [0.15, 0.2) is 59.8 Å². The molecule has 28 heavy (non-hydrogen) atoms. The van der Waals surface area contributed by atoms with Gasteiger partial charge in [0.1, 0.15) is 11.7 Å². The molecule has 0 radical (unpaired) electrons. The van der Waals surface area contributed by atoms with E-state index in [1.807, 2.05) is 0 Å². The van der Waals surface area contributed by atoms with E-state index in [1.165, 1.54) is 12.1 Å². The number of nitrogens with one attached hydrogen (secondary N) is 4. The lowest BCUT2D eigenvalue weighted by Crippen LogP contribution is -2.44. The van der Waals surface area contributed by atoms with Gasteiger partial charge in [-0.15, -0.1) is 4.91 Å². The van der Waals surface area contributed by atoms with Crippen molar-refractivity contribution in [2.24, 2.45) is 10.9 Å². The van der Waals surface area contributed by atoms with Crippen LogP contribution in [0.4, 0.5) is 11.4 Å². The van der Waals surface area contributed by atoms with Crippen molar-refractivity contribution in [2.75, 3.05) is 11.9 Å². The van der Waals surface area contributed by atoms with Crippen molar-refractivity contribution >= 4 is 29.1 Å². The predicted molar refractivity (Wildman–Crippen MR) is 107 cm³/mol. The van der Waals surface area contributed by atoms with Gasteiger partial charge in [0, 0.05) is 17.8 Å². The highest BCUT2D eigenvalue weighted by Crippen LogP contribution is 2.16. The van der Waals surface area contributed by atoms with E-state index in [1.54, 1.807) is 42.5 Å². The van der Waals surface area contributed by atoms with Crippen molar-refractivity contribution < 1.29 is 9.59 Å². The maximum Gasteiger partial charge on any atom is 0.251 e. The van der Waals surface area contributed by atoms with Gasteiger partial charge in [-0.25, -0.2) is 0 Å². The summed E-state index contributed by atoms with van der Waals surface area (Å²) in [6.45, 7) is 0.403. The zero-order valence-electron chi connectivity index (χ0n) is 15.1. The van der Waals surface area contributed by atoms with E-state index in [9.17, 15) is 14.5 Å². The second-order valence-electron chi connectivity index (χ2n) is 6.00. The number of hydrogen-bond donors (Lipinski definition) is 5. The summed E-state index contributed by atoms with van der Waals surface area (Å²) in [5.41, 5.74) is 6.43. The predicted octanol–water partition coefficient (Wildman–Crippen LogP) is 2.08. The minimum absolute atomic E-state index is 0.154. The number of amides is 2. The Hall–Kier alpha value is -3.75. The van der Waals surface area contributed by atoms with Crippen molar-refractivity contribution in [3.8, 4) is 0 Å². The third-order valence-electron chi connectivity index (χ3n) is 3.88. The van der Waals surface area contributed by atoms with Gasteiger partial charge in [0.15, 0.2) is 5.96 Å². The van der Waals surface area contributed by atoms with E-state index in [0.717, 1.165) is 0 Å². The number of nitrogens with two attached hydrogens (primary N) is 1. The molecule has 146 valence electrons. The molecule has 0 spiro atoms. The molecule has 2 rings (SSSR count). The van der Waals surface area contributed by atoms with Crippen LogP contribution >= 0.6 is 0 Å². The number of guanidine groups is 1. The zero-order valence-corrected chi connectivity index (χ0v) is 15.1. The van der Waals surface area contributed by atoms with Crippen molar-refractivity contribution in [2.45, 2.75) is 18.9 Å². The van der Waals surface area contributed by atoms with Crippen LogP contribution in [-0.2, 0) is 4.79 Å². The number of anilines is 1. The normalized spacial score (nSPS) is 11.1. The summed E-state index contributed by atoms with van der Waals surface area (Å²) < 4.78 is 0. The summed E-state index contributed by atoms with van der Waals surface area (Å²) >= 11 is 0. The highest BCUT2D eigenvalue weighted by molar-refractivity contribution is 6.01. The molecule has 6 N–H and O–H groups in total. The lowest BCUT2D eigenvalue weighted by molar-refractivity contribution is -0.118. The molecule has 0 aromatic heterocycles. The molecule has 0 aliphatic rings. The molecular weight excluding hydrogens is 360 g/mol. The summed E-state index contributed by atoms with van der Waals surface area (Å²) in [5.74, 6) is -0.905. The molecule has 0 fully saturated rings. The molecule has 0 heterocycles. The Morgan fingerprint density at radius 1 is 1.07 bits per heavy atom. The van der Waals surface area contributed by atoms with E-state index >= 15 is 0 Å². The Bertz CT molecular complexity index is 823. The molecule has 9 heteroatoms. The molecule has 1 unspecified atom stereocenters. The molecule has 2 aromatic carbocycles. The molecular formula is C19H22N6O3. The number of nitroso groups, excluding NO2 is 1. The van der Waals surface area contributed by atoms with E-state index in [2.05, 4.69) is 21.1 Å². The maximum absolute atomic E-state index is 12.7. The van der Waals surface area contributed by atoms with Crippen LogP contribution in [0.1, 0.15) is 23.2 Å². The molecule has 2 amide bonds. The van der Waals surface area contributed by atoms with Gasteiger partial charge in [0.2, 0.25) is 5.91 Å². The van der Waals surface area contributed by atoms with E-state index in [-0.39, 0.29) is 23.5 Å². The first-order chi connectivity index (χ1) is 13.5. The van der Waals surface area contributed by atoms with Crippen LogP contribution < -0.4 is 21.7 Å². The van der Waals surface area contributed by atoms with E-state index < -0.39 is 6.04 Å². The molecule has 2 aromatic rings. The highest BCUT2D eigenvalue weighted by atomic mass is 16.3. The van der Waals surface area contributed by atoms with Crippen LogP contribution in [0.5, 0.6) is 0 Å². The summed E-state index contributed by atoms with van der Waals surface area (Å²) in [7, 11) is 0. The summed E-state index contributed by atoms with van der Waals surface area (Å²) in [6, 6.07) is 13.9. The summed E-state index contributed by atoms with van der Waals surface area (Å²) in [4.78, 5) is 35.6.